The van der Waals surface area contributed by atoms with Gasteiger partial charge in [-0.1, -0.05) is 127 Å². The number of nitrogens with one attached hydrogen (secondary N) is 4. The lowest BCUT2D eigenvalue weighted by molar-refractivity contribution is -0.459. The number of benzene rings is 3. The molecular formula is C56H66BN8O12+. The van der Waals surface area contributed by atoms with Crippen molar-refractivity contribution in [2.24, 2.45) is 41.2 Å². The summed E-state index contributed by atoms with van der Waals surface area (Å²) in [6.07, 6.45) is 4.17. The summed E-state index contributed by atoms with van der Waals surface area (Å²) in [6, 6.07) is 27.7. The summed E-state index contributed by atoms with van der Waals surface area (Å²) in [5, 5.41) is 23.7. The maximum atomic E-state index is 14.4. The number of rotatable bonds is 18. The second-order valence-corrected chi connectivity index (χ2v) is 18.9. The molecule has 0 saturated carbocycles. The first kappa shape index (κ1) is 57.1. The molecule has 3 aromatic rings. The number of urea groups is 1. The van der Waals surface area contributed by atoms with Crippen LogP contribution < -0.4 is 26.7 Å². The lowest BCUT2D eigenvalue weighted by Gasteiger charge is -2.21. The van der Waals surface area contributed by atoms with E-state index in [2.05, 4.69) is 47.3 Å². The predicted molar refractivity (Wildman–Crippen MR) is 283 cm³/mol. The number of likely N-dealkylation sites (tertiary alicyclic amines) is 3. The van der Waals surface area contributed by atoms with E-state index in [1.54, 1.807) is 24.3 Å². The molecule has 0 spiro atoms. The Hall–Kier alpha value is -7.66. The first-order chi connectivity index (χ1) is 37.2. The van der Waals surface area contributed by atoms with E-state index in [0.29, 0.717) is 13.1 Å². The van der Waals surface area contributed by atoms with Crippen molar-refractivity contribution in [2.45, 2.75) is 63.1 Å². The average Bonchev–Trinajstić information content (AvgIpc) is 4.34. The fourth-order valence-corrected chi connectivity index (χ4v) is 10.6. The van der Waals surface area contributed by atoms with Gasteiger partial charge in [-0.25, -0.2) is 4.79 Å². The summed E-state index contributed by atoms with van der Waals surface area (Å²) >= 11 is 0. The number of fused-ring (bicyclic) bond motifs is 3. The van der Waals surface area contributed by atoms with Crippen molar-refractivity contribution in [1.29, 1.82) is 0 Å². The minimum atomic E-state index is -1.17. The van der Waals surface area contributed by atoms with Gasteiger partial charge in [-0.15, -0.1) is 26.3 Å². The maximum Gasteiger partial charge on any atom is 0.448 e. The van der Waals surface area contributed by atoms with Crippen LogP contribution >= 0.6 is 0 Å². The van der Waals surface area contributed by atoms with E-state index in [0.717, 1.165) is 21.6 Å². The fourth-order valence-electron chi connectivity index (χ4n) is 10.6. The zero-order valence-corrected chi connectivity index (χ0v) is 42.8. The largest absolute Gasteiger partial charge is 0.448 e. The molecule has 0 bridgehead atoms. The fraction of sp³-hybridized carbons (Fsp3) is 0.357. The summed E-state index contributed by atoms with van der Waals surface area (Å²) in [5.74, 6) is -8.01. The average molecular weight is 1050 g/mol. The normalized spacial score (nSPS) is 28.3. The van der Waals surface area contributed by atoms with Crippen LogP contribution in [0.15, 0.2) is 154 Å². The molecule has 0 radical (unpaired) electrons. The molecule has 21 heteroatoms. The van der Waals surface area contributed by atoms with E-state index in [4.69, 9.17) is 30.0 Å². The van der Waals surface area contributed by atoms with Crippen LogP contribution in [0.2, 0.25) is 6.82 Å². The van der Waals surface area contributed by atoms with Crippen LogP contribution in [0.1, 0.15) is 16.7 Å². The number of nitrogens with two attached hydrogens (primary N) is 1. The molecule has 0 aliphatic carbocycles. The molecule has 20 nitrogen and oxygen atoms in total. The Morgan fingerprint density at radius 2 is 0.935 bits per heavy atom. The van der Waals surface area contributed by atoms with Gasteiger partial charge in [0.1, 0.15) is 0 Å². The second-order valence-electron chi connectivity index (χ2n) is 18.9. The number of carbonyl (C=O) groups is 7. The first-order valence-electron chi connectivity index (χ1n) is 25.4. The third-order valence-electron chi connectivity index (χ3n) is 14.0. The standard InChI is InChI=1S/C53H56N8O10.C2H4.CH5BO2/c1-3-34-40-42(47(63)59(46(40)62)26-24-55-28-31-14-8-5-9-15-31)36(69-34)20-22-38-44-45(49(65)60(48(44)64)27-25-56-52(54)58-53(68)57-29-32-16-10-6-11-17-32)39(71-38)23-21-37-43-41(35(4-2)70-37)50(66)61(51(43)67)30-33-18-12-7-13-19-33;1-2;1-2(3)4/h3-23,34-45,55H,1-2,24-30H2,(H4,54,56,57,58,68);1-2H2;3-4H,1H3/p+1/b22-20-,23-21-;;. The van der Waals surface area contributed by atoms with Crippen molar-refractivity contribution >= 4 is 54.6 Å². The van der Waals surface area contributed by atoms with Crippen molar-refractivity contribution in [3.05, 3.63) is 170 Å². The summed E-state index contributed by atoms with van der Waals surface area (Å²) in [5.41, 5.74) is 8.80. The molecule has 6 heterocycles. The number of ether oxygens (including phenoxy) is 3. The molecule has 3 aromatic carbocycles. The smallest absolute Gasteiger partial charge is 0.427 e. The monoisotopic (exact) mass is 1050 g/mol. The quantitative estimate of drug-likeness (QED) is 0.0227. The molecule has 6 aliphatic heterocycles. The van der Waals surface area contributed by atoms with Crippen LogP contribution in [0.5, 0.6) is 0 Å². The molecule has 0 aromatic heterocycles. The first-order valence-corrected chi connectivity index (χ1v) is 25.4. The molecule has 12 atom stereocenters. The van der Waals surface area contributed by atoms with Crippen LogP contribution in [-0.4, -0.2) is 142 Å². The molecule has 12 unspecified atom stereocenters. The van der Waals surface area contributed by atoms with Crippen molar-refractivity contribution < 1.29 is 62.8 Å². The Morgan fingerprint density at radius 1 is 0.584 bits per heavy atom. The van der Waals surface area contributed by atoms with Gasteiger partial charge < -0.3 is 34.9 Å². The molecule has 8 amide bonds. The van der Waals surface area contributed by atoms with Gasteiger partial charge in [0, 0.05) is 26.2 Å². The minimum Gasteiger partial charge on any atom is -0.427 e. The molecule has 404 valence electrons. The van der Waals surface area contributed by atoms with E-state index < -0.39 is 103 Å². The summed E-state index contributed by atoms with van der Waals surface area (Å²) in [4.78, 5) is 103. The number of guanidine groups is 1. The van der Waals surface area contributed by atoms with Crippen LogP contribution in [0.25, 0.3) is 0 Å². The Bertz CT molecular complexity index is 2730. The van der Waals surface area contributed by atoms with Crippen LogP contribution in [0, 0.1) is 35.5 Å². The van der Waals surface area contributed by atoms with Gasteiger partial charge in [0.15, 0.2) is 0 Å². The summed E-state index contributed by atoms with van der Waals surface area (Å²) in [7, 11) is -1.17. The Morgan fingerprint density at radius 3 is 1.35 bits per heavy atom. The van der Waals surface area contributed by atoms with E-state index in [1.807, 2.05) is 91.0 Å². The number of imide groups is 3. The van der Waals surface area contributed by atoms with Gasteiger partial charge in [0.05, 0.1) is 91.8 Å². The highest BCUT2D eigenvalue weighted by Crippen LogP contribution is 2.46. The molecule has 6 saturated heterocycles. The van der Waals surface area contributed by atoms with Gasteiger partial charge in [-0.3, -0.25) is 54.2 Å². The number of amides is 8. The topological polar surface area (TPSA) is 273 Å². The Balaban J connectivity index is 0.00000137. The van der Waals surface area contributed by atoms with Gasteiger partial charge in [0.25, 0.3) is 0 Å². The maximum absolute atomic E-state index is 14.4. The Kier molecular flexibility index (Phi) is 19.6. The molecule has 6 fully saturated rings. The minimum absolute atomic E-state index is 0.00251. The molecule has 8 N–H and O–H groups in total. The second kappa shape index (κ2) is 26.4. The number of hydrogen-bond donors (Lipinski definition) is 7. The highest BCUT2D eigenvalue weighted by atomic mass is 16.5. The predicted octanol–water partition coefficient (Wildman–Crippen LogP) is 0.353. The molecule has 77 heavy (non-hydrogen) atoms. The Labute approximate surface area is 447 Å². The SMILES string of the molecule is C=C.C=CC1OC(/C=C\C2OC(/C=C\C3OC(C=C)C4C(=O)N(Cc5ccccc5)C(=O)C34)C3C(=O)N(CC[NH+]=C(N)NC(=O)NCc4ccccc4)C(=O)C23)C2C(=O)N(CCNCc3ccccc3)C(=O)C12.CB(O)O. The molecule has 9 rings (SSSR count). The number of hydrogen-bond acceptors (Lipinski definition) is 13. The number of carbonyl (C=O) groups excluding carboxylic acids is 7. The van der Waals surface area contributed by atoms with E-state index in [9.17, 15) is 33.6 Å². The summed E-state index contributed by atoms with van der Waals surface area (Å²) < 4.78 is 19.0. The van der Waals surface area contributed by atoms with Gasteiger partial charge in [0.2, 0.25) is 35.4 Å². The zero-order chi connectivity index (χ0) is 55.3. The lowest BCUT2D eigenvalue weighted by atomic mass is 9.86. The van der Waals surface area contributed by atoms with Crippen LogP contribution in [0.4, 0.5) is 4.79 Å². The van der Waals surface area contributed by atoms with Gasteiger partial charge in [-0.2, -0.15) is 5.32 Å². The van der Waals surface area contributed by atoms with Crippen LogP contribution in [0.3, 0.4) is 0 Å². The summed E-state index contributed by atoms with van der Waals surface area (Å²) in [6.45, 7) is 16.4. The van der Waals surface area contributed by atoms with Crippen LogP contribution in [-0.2, 0) is 62.6 Å². The van der Waals surface area contributed by atoms with Crippen molar-refractivity contribution in [1.82, 2.24) is 30.7 Å². The molecule has 6 aliphatic rings. The van der Waals surface area contributed by atoms with E-state index in [-0.39, 0.29) is 56.4 Å². The van der Waals surface area contributed by atoms with Gasteiger partial charge >= 0.3 is 19.1 Å². The lowest BCUT2D eigenvalue weighted by Crippen LogP contribution is -2.81. The number of nitrogens with zero attached hydrogens (tertiary/aromatic N) is 3. The molecular weight excluding hydrogens is 987 g/mol. The highest BCUT2D eigenvalue weighted by molar-refractivity contribution is 6.39. The van der Waals surface area contributed by atoms with E-state index in [1.165, 1.54) is 28.8 Å². The highest BCUT2D eigenvalue weighted by Gasteiger charge is 2.62. The van der Waals surface area contributed by atoms with E-state index >= 15 is 0 Å². The zero-order valence-electron chi connectivity index (χ0n) is 42.8. The van der Waals surface area contributed by atoms with Crippen molar-refractivity contribution in [2.75, 3.05) is 26.2 Å². The van der Waals surface area contributed by atoms with Gasteiger partial charge in [-0.05, 0) is 23.5 Å². The van der Waals surface area contributed by atoms with Crippen molar-refractivity contribution in [3.8, 4) is 0 Å². The third kappa shape index (κ3) is 13.0. The third-order valence-corrected chi connectivity index (χ3v) is 14.0. The van der Waals surface area contributed by atoms with Crippen molar-refractivity contribution in [3.63, 3.8) is 0 Å².